The summed E-state index contributed by atoms with van der Waals surface area (Å²) in [6.45, 7) is 4.12. The van der Waals surface area contributed by atoms with Gasteiger partial charge in [-0.1, -0.05) is 59.3 Å². The summed E-state index contributed by atoms with van der Waals surface area (Å²) in [5, 5.41) is 9.66. The summed E-state index contributed by atoms with van der Waals surface area (Å²) >= 11 is 7.73. The smallest absolute Gasteiger partial charge is 0.277 e. The van der Waals surface area contributed by atoms with Crippen LogP contribution >= 0.6 is 23.4 Å². The number of benzene rings is 2. The molecule has 0 aliphatic carbocycles. The Morgan fingerprint density at radius 3 is 2.50 bits per heavy atom. The molecule has 0 unspecified atom stereocenters. The highest BCUT2D eigenvalue weighted by Gasteiger charge is 2.15. The number of hydrogen-bond donors (Lipinski definition) is 0. The predicted molar refractivity (Wildman–Crippen MR) is 90.2 cm³/mol. The first-order valence-corrected chi connectivity index (χ1v) is 8.21. The maximum Gasteiger partial charge on any atom is 0.277 e. The van der Waals surface area contributed by atoms with Crippen LogP contribution in [0.15, 0.2) is 58.2 Å². The topological polar surface area (TPSA) is 38.9 Å². The van der Waals surface area contributed by atoms with Gasteiger partial charge in [0.25, 0.3) is 5.22 Å². The van der Waals surface area contributed by atoms with Crippen LogP contribution in [0.25, 0.3) is 11.5 Å². The Kier molecular flexibility index (Phi) is 4.50. The Morgan fingerprint density at radius 1 is 1.05 bits per heavy atom. The number of thioether (sulfide) groups is 1. The van der Waals surface area contributed by atoms with Crippen molar-refractivity contribution in [3.05, 3.63) is 64.7 Å². The van der Waals surface area contributed by atoms with Crippen molar-refractivity contribution in [2.24, 2.45) is 0 Å². The number of nitrogens with zero attached hydrogens (tertiary/aromatic N) is 2. The van der Waals surface area contributed by atoms with Crippen LogP contribution < -0.4 is 0 Å². The highest BCUT2D eigenvalue weighted by atomic mass is 35.5. The van der Waals surface area contributed by atoms with Crippen molar-refractivity contribution < 1.29 is 4.42 Å². The Labute approximate surface area is 138 Å². The number of aryl methyl sites for hydroxylation is 1. The third-order valence-corrected chi connectivity index (χ3v) is 4.64. The average molecular weight is 331 g/mol. The molecule has 3 nitrogen and oxygen atoms in total. The molecule has 1 aromatic heterocycles. The molecule has 0 radical (unpaired) electrons. The van der Waals surface area contributed by atoms with E-state index in [1.165, 1.54) is 17.3 Å². The first kappa shape index (κ1) is 15.1. The van der Waals surface area contributed by atoms with Gasteiger partial charge in [-0.15, -0.1) is 10.2 Å². The molecule has 1 atom stereocenters. The van der Waals surface area contributed by atoms with E-state index in [9.17, 15) is 0 Å². The Balaban J connectivity index is 1.77. The molecule has 0 fully saturated rings. The van der Waals surface area contributed by atoms with Crippen molar-refractivity contribution in [3.8, 4) is 11.5 Å². The molecule has 3 aromatic rings. The van der Waals surface area contributed by atoms with E-state index in [0.29, 0.717) is 11.1 Å². The van der Waals surface area contributed by atoms with Crippen molar-refractivity contribution in [2.45, 2.75) is 24.3 Å². The molecule has 112 valence electrons. The van der Waals surface area contributed by atoms with E-state index >= 15 is 0 Å². The van der Waals surface area contributed by atoms with E-state index in [1.807, 2.05) is 55.5 Å². The molecule has 22 heavy (non-hydrogen) atoms. The third-order valence-electron chi connectivity index (χ3n) is 3.33. The third kappa shape index (κ3) is 3.34. The van der Waals surface area contributed by atoms with Gasteiger partial charge in [-0.25, -0.2) is 0 Å². The second kappa shape index (κ2) is 6.55. The summed E-state index contributed by atoms with van der Waals surface area (Å²) < 4.78 is 5.74. The molecule has 0 aliphatic heterocycles. The molecule has 0 saturated heterocycles. The second-order valence-corrected chi connectivity index (χ2v) is 6.72. The lowest BCUT2D eigenvalue weighted by Crippen LogP contribution is -1.89. The minimum absolute atomic E-state index is 0.139. The molecule has 1 heterocycles. The minimum atomic E-state index is 0.139. The van der Waals surface area contributed by atoms with Gasteiger partial charge >= 0.3 is 0 Å². The molecule has 0 saturated carbocycles. The van der Waals surface area contributed by atoms with Crippen molar-refractivity contribution in [1.82, 2.24) is 10.2 Å². The van der Waals surface area contributed by atoms with E-state index in [4.69, 9.17) is 16.0 Å². The predicted octanol–water partition coefficient (Wildman–Crippen LogP) is 5.55. The fourth-order valence-electron chi connectivity index (χ4n) is 2.09. The molecule has 0 amide bonds. The summed E-state index contributed by atoms with van der Waals surface area (Å²) in [5.74, 6) is 0.536. The van der Waals surface area contributed by atoms with Crippen LogP contribution in [0.2, 0.25) is 5.02 Å². The number of halogens is 1. The van der Waals surface area contributed by atoms with Crippen LogP contribution in [0, 0.1) is 6.92 Å². The number of hydrogen-bond acceptors (Lipinski definition) is 4. The molecular weight excluding hydrogens is 316 g/mol. The van der Waals surface area contributed by atoms with E-state index < -0.39 is 0 Å². The second-order valence-electron chi connectivity index (χ2n) is 5.02. The van der Waals surface area contributed by atoms with Crippen LogP contribution in [-0.4, -0.2) is 10.2 Å². The van der Waals surface area contributed by atoms with Gasteiger partial charge in [0.2, 0.25) is 5.89 Å². The average Bonchev–Trinajstić information content (AvgIpc) is 2.97. The van der Waals surface area contributed by atoms with Crippen LogP contribution in [-0.2, 0) is 0 Å². The first-order valence-electron chi connectivity index (χ1n) is 6.95. The largest absolute Gasteiger partial charge is 0.411 e. The Morgan fingerprint density at radius 2 is 1.77 bits per heavy atom. The maximum atomic E-state index is 6.22. The van der Waals surface area contributed by atoms with Crippen molar-refractivity contribution in [2.75, 3.05) is 0 Å². The summed E-state index contributed by atoms with van der Waals surface area (Å²) in [7, 11) is 0. The van der Waals surface area contributed by atoms with Gasteiger partial charge in [-0.3, -0.25) is 0 Å². The summed E-state index contributed by atoms with van der Waals surface area (Å²) in [6, 6.07) is 15.8. The normalized spacial score (nSPS) is 12.3. The van der Waals surface area contributed by atoms with Crippen LogP contribution in [0.3, 0.4) is 0 Å². The molecule has 0 N–H and O–H groups in total. The van der Waals surface area contributed by atoms with E-state index in [1.54, 1.807) is 0 Å². The van der Waals surface area contributed by atoms with Crippen molar-refractivity contribution in [1.29, 1.82) is 0 Å². The van der Waals surface area contributed by atoms with E-state index in [0.717, 1.165) is 16.1 Å². The summed E-state index contributed by atoms with van der Waals surface area (Å²) in [6.07, 6.45) is 0. The molecule has 3 rings (SSSR count). The fraction of sp³-hybridized carbons (Fsp3) is 0.176. The monoisotopic (exact) mass is 330 g/mol. The van der Waals surface area contributed by atoms with Crippen LogP contribution in [0.5, 0.6) is 0 Å². The standard InChI is InChI=1S/C17H15ClN2OS/c1-11-7-9-13(10-8-11)16-19-20-17(21-16)22-12(2)14-5-3-4-6-15(14)18/h3-10,12H,1-2H3/t12-/m1/s1. The molecule has 0 spiro atoms. The first-order chi connectivity index (χ1) is 10.6. The Bertz CT molecular complexity index is 770. The zero-order valence-corrected chi connectivity index (χ0v) is 13.9. The van der Waals surface area contributed by atoms with Gasteiger partial charge in [-0.2, -0.15) is 0 Å². The van der Waals surface area contributed by atoms with Gasteiger partial charge in [-0.05, 0) is 37.6 Å². The van der Waals surface area contributed by atoms with Gasteiger partial charge in [0.1, 0.15) is 0 Å². The maximum absolute atomic E-state index is 6.22. The number of aromatic nitrogens is 2. The van der Waals surface area contributed by atoms with Gasteiger partial charge < -0.3 is 4.42 Å². The van der Waals surface area contributed by atoms with E-state index in [-0.39, 0.29) is 5.25 Å². The lowest BCUT2D eigenvalue weighted by Gasteiger charge is -2.10. The van der Waals surface area contributed by atoms with Crippen molar-refractivity contribution in [3.63, 3.8) is 0 Å². The fourth-order valence-corrected chi connectivity index (χ4v) is 3.30. The van der Waals surface area contributed by atoms with Crippen LogP contribution in [0.4, 0.5) is 0 Å². The zero-order chi connectivity index (χ0) is 15.5. The molecule has 2 aromatic carbocycles. The van der Waals surface area contributed by atoms with Gasteiger partial charge in [0.15, 0.2) is 0 Å². The minimum Gasteiger partial charge on any atom is -0.411 e. The SMILES string of the molecule is Cc1ccc(-c2nnc(S[C@H](C)c3ccccc3Cl)o2)cc1. The molecule has 0 bridgehead atoms. The molecule has 0 aliphatic rings. The quantitative estimate of drug-likeness (QED) is 0.588. The summed E-state index contributed by atoms with van der Waals surface area (Å²) in [4.78, 5) is 0. The lowest BCUT2D eigenvalue weighted by atomic mass is 10.1. The van der Waals surface area contributed by atoms with Gasteiger partial charge in [0.05, 0.1) is 0 Å². The molecular formula is C17H15ClN2OS. The van der Waals surface area contributed by atoms with Crippen LogP contribution in [0.1, 0.15) is 23.3 Å². The highest BCUT2D eigenvalue weighted by molar-refractivity contribution is 7.99. The number of rotatable bonds is 4. The summed E-state index contributed by atoms with van der Waals surface area (Å²) in [5.41, 5.74) is 3.19. The lowest BCUT2D eigenvalue weighted by molar-refractivity contribution is 0.465. The highest BCUT2D eigenvalue weighted by Crippen LogP contribution is 2.37. The Hall–Kier alpha value is -1.78. The molecule has 5 heteroatoms. The zero-order valence-electron chi connectivity index (χ0n) is 12.3. The van der Waals surface area contributed by atoms with Gasteiger partial charge in [0, 0.05) is 15.8 Å². The van der Waals surface area contributed by atoms with Crippen molar-refractivity contribution >= 4 is 23.4 Å². The van der Waals surface area contributed by atoms with E-state index in [2.05, 4.69) is 17.1 Å².